The summed E-state index contributed by atoms with van der Waals surface area (Å²) in [6.45, 7) is 2.68. The van der Waals surface area contributed by atoms with Crippen LogP contribution in [0, 0.1) is 6.92 Å². The van der Waals surface area contributed by atoms with E-state index in [0.717, 1.165) is 5.52 Å². The van der Waals surface area contributed by atoms with Crippen molar-refractivity contribution in [2.24, 2.45) is 5.73 Å². The molecule has 1 aromatic heterocycles. The Hall–Kier alpha value is -1.48. The first-order chi connectivity index (χ1) is 7.72. The van der Waals surface area contributed by atoms with Gasteiger partial charge in [0.2, 0.25) is 0 Å². The van der Waals surface area contributed by atoms with E-state index in [0.29, 0.717) is 18.3 Å². The van der Waals surface area contributed by atoms with Crippen LogP contribution >= 0.6 is 0 Å². The third-order valence-electron chi connectivity index (χ3n) is 3.47. The molecular weight excluding hydrogens is 200 g/mol. The van der Waals surface area contributed by atoms with E-state index in [2.05, 4.69) is 11.5 Å². The average Bonchev–Trinajstić information content (AvgIpc) is 3.05. The number of hydrogen-bond donors (Lipinski definition) is 2. The zero-order valence-corrected chi connectivity index (χ0v) is 9.40. The summed E-state index contributed by atoms with van der Waals surface area (Å²) in [5, 5.41) is 10.8. The molecule has 0 unspecified atom stereocenters. The van der Waals surface area contributed by atoms with Gasteiger partial charge in [0.15, 0.2) is 0 Å². The van der Waals surface area contributed by atoms with Crippen molar-refractivity contribution in [3.8, 4) is 5.75 Å². The van der Waals surface area contributed by atoms with E-state index in [1.165, 1.54) is 29.5 Å². The second kappa shape index (κ2) is 3.25. The molecule has 0 saturated heterocycles. The van der Waals surface area contributed by atoms with Crippen molar-refractivity contribution in [1.82, 2.24) is 4.57 Å². The summed E-state index contributed by atoms with van der Waals surface area (Å²) in [7, 11) is 0. The molecule has 0 bridgehead atoms. The summed E-state index contributed by atoms with van der Waals surface area (Å²) in [6.07, 6.45) is 2.46. The minimum Gasteiger partial charge on any atom is -0.508 e. The molecule has 2 aromatic rings. The maximum absolute atomic E-state index is 9.59. The fraction of sp³-hybridized carbons (Fsp3) is 0.385. The Bertz CT molecular complexity index is 553. The highest BCUT2D eigenvalue weighted by molar-refractivity contribution is 5.86. The van der Waals surface area contributed by atoms with E-state index in [4.69, 9.17) is 5.73 Å². The fourth-order valence-corrected chi connectivity index (χ4v) is 2.52. The number of rotatable bonds is 2. The van der Waals surface area contributed by atoms with Crippen molar-refractivity contribution in [3.05, 3.63) is 29.5 Å². The second-order valence-electron chi connectivity index (χ2n) is 4.58. The van der Waals surface area contributed by atoms with Crippen LogP contribution in [0.1, 0.15) is 30.1 Å². The van der Waals surface area contributed by atoms with E-state index >= 15 is 0 Å². The first kappa shape index (κ1) is 9.73. The molecule has 1 aliphatic carbocycles. The zero-order chi connectivity index (χ0) is 11.3. The van der Waals surface area contributed by atoms with Gasteiger partial charge in [-0.2, -0.15) is 0 Å². The van der Waals surface area contributed by atoms with E-state index in [1.807, 2.05) is 12.1 Å². The Labute approximate surface area is 94.5 Å². The van der Waals surface area contributed by atoms with Crippen molar-refractivity contribution in [1.29, 1.82) is 0 Å². The van der Waals surface area contributed by atoms with Crippen LogP contribution in [0.5, 0.6) is 5.75 Å². The van der Waals surface area contributed by atoms with Gasteiger partial charge in [-0.1, -0.05) is 0 Å². The van der Waals surface area contributed by atoms with Gasteiger partial charge in [0, 0.05) is 29.7 Å². The van der Waals surface area contributed by atoms with E-state index in [9.17, 15) is 5.11 Å². The third-order valence-corrected chi connectivity index (χ3v) is 3.47. The number of phenols is 1. The lowest BCUT2D eigenvalue weighted by atomic mass is 10.1. The van der Waals surface area contributed by atoms with Gasteiger partial charge in [-0.05, 0) is 37.5 Å². The summed E-state index contributed by atoms with van der Waals surface area (Å²) < 4.78 is 2.31. The molecule has 0 amide bonds. The first-order valence-corrected chi connectivity index (χ1v) is 5.75. The number of hydrogen-bond acceptors (Lipinski definition) is 2. The highest BCUT2D eigenvalue weighted by Crippen LogP contribution is 2.41. The number of phenolic OH excluding ortho intramolecular Hbond substituents is 1. The summed E-state index contributed by atoms with van der Waals surface area (Å²) in [6, 6.07) is 6.17. The van der Waals surface area contributed by atoms with Gasteiger partial charge in [0.05, 0.1) is 5.52 Å². The molecule has 1 aliphatic rings. The van der Waals surface area contributed by atoms with E-state index in [1.54, 1.807) is 6.07 Å². The molecule has 1 aromatic carbocycles. The molecule has 3 rings (SSSR count). The number of aromatic hydroxyl groups is 1. The minimum absolute atomic E-state index is 0.329. The number of nitrogens with two attached hydrogens (primary N) is 1. The minimum atomic E-state index is 0.329. The molecule has 0 spiro atoms. The number of nitrogens with zero attached hydrogens (tertiary/aromatic N) is 1. The van der Waals surface area contributed by atoms with Gasteiger partial charge >= 0.3 is 0 Å². The molecule has 0 radical (unpaired) electrons. The molecule has 84 valence electrons. The van der Waals surface area contributed by atoms with Crippen molar-refractivity contribution in [3.63, 3.8) is 0 Å². The molecule has 3 N–H and O–H groups in total. The van der Waals surface area contributed by atoms with Gasteiger partial charge in [-0.3, -0.25) is 0 Å². The standard InChI is InChI=1S/C13H16N2O/c1-8-11-5-4-10(16)6-12(11)15(9-2-3-9)13(8)7-14/h4-6,9,16H,2-3,7,14H2,1H3. The van der Waals surface area contributed by atoms with E-state index in [-0.39, 0.29) is 0 Å². The lowest BCUT2D eigenvalue weighted by Crippen LogP contribution is -2.06. The smallest absolute Gasteiger partial charge is 0.117 e. The molecule has 0 aliphatic heterocycles. The molecule has 3 nitrogen and oxygen atoms in total. The molecule has 16 heavy (non-hydrogen) atoms. The van der Waals surface area contributed by atoms with Gasteiger partial charge in [-0.25, -0.2) is 0 Å². The highest BCUT2D eigenvalue weighted by atomic mass is 16.3. The van der Waals surface area contributed by atoms with Crippen LogP contribution in [0.25, 0.3) is 10.9 Å². The number of aromatic nitrogens is 1. The van der Waals surface area contributed by atoms with Crippen molar-refractivity contribution < 1.29 is 5.11 Å². The van der Waals surface area contributed by atoms with Gasteiger partial charge in [0.1, 0.15) is 5.75 Å². The number of benzene rings is 1. The SMILES string of the molecule is Cc1c(CN)n(C2CC2)c2cc(O)ccc12. The topological polar surface area (TPSA) is 51.2 Å². The average molecular weight is 216 g/mol. The normalized spacial score (nSPS) is 15.9. The lowest BCUT2D eigenvalue weighted by molar-refractivity contribution is 0.476. The Balaban J connectivity index is 2.37. The Morgan fingerprint density at radius 2 is 2.19 bits per heavy atom. The molecule has 1 heterocycles. The summed E-state index contributed by atoms with van der Waals surface area (Å²) in [5.41, 5.74) is 9.43. The van der Waals surface area contributed by atoms with Crippen LogP contribution in [0.2, 0.25) is 0 Å². The fourth-order valence-electron chi connectivity index (χ4n) is 2.52. The summed E-state index contributed by atoms with van der Waals surface area (Å²) in [4.78, 5) is 0. The van der Waals surface area contributed by atoms with Crippen LogP contribution in [0.4, 0.5) is 0 Å². The number of aryl methyl sites for hydroxylation is 1. The molecule has 3 heteroatoms. The maximum atomic E-state index is 9.59. The van der Waals surface area contributed by atoms with Crippen molar-refractivity contribution >= 4 is 10.9 Å². The van der Waals surface area contributed by atoms with Crippen LogP contribution in [-0.2, 0) is 6.54 Å². The van der Waals surface area contributed by atoms with Crippen LogP contribution in [-0.4, -0.2) is 9.67 Å². The van der Waals surface area contributed by atoms with Crippen LogP contribution in [0.3, 0.4) is 0 Å². The monoisotopic (exact) mass is 216 g/mol. The van der Waals surface area contributed by atoms with Crippen LogP contribution in [0.15, 0.2) is 18.2 Å². The molecule has 1 saturated carbocycles. The Morgan fingerprint density at radius 1 is 1.44 bits per heavy atom. The molecule has 0 atom stereocenters. The van der Waals surface area contributed by atoms with Crippen molar-refractivity contribution in [2.45, 2.75) is 32.4 Å². The Morgan fingerprint density at radius 3 is 2.81 bits per heavy atom. The quantitative estimate of drug-likeness (QED) is 0.810. The summed E-state index contributed by atoms with van der Waals surface area (Å²) >= 11 is 0. The first-order valence-electron chi connectivity index (χ1n) is 5.75. The molecule has 1 fully saturated rings. The van der Waals surface area contributed by atoms with Gasteiger partial charge < -0.3 is 15.4 Å². The predicted molar refractivity (Wildman–Crippen MR) is 64.5 cm³/mol. The highest BCUT2D eigenvalue weighted by Gasteiger charge is 2.28. The van der Waals surface area contributed by atoms with Crippen LogP contribution < -0.4 is 5.73 Å². The summed E-state index contributed by atoms with van der Waals surface area (Å²) in [5.74, 6) is 0.329. The molecular formula is C13H16N2O. The van der Waals surface area contributed by atoms with E-state index < -0.39 is 0 Å². The predicted octanol–water partition coefficient (Wildman–Crippen LogP) is 2.45. The second-order valence-corrected chi connectivity index (χ2v) is 4.58. The largest absolute Gasteiger partial charge is 0.508 e. The zero-order valence-electron chi connectivity index (χ0n) is 9.40. The number of fused-ring (bicyclic) bond motifs is 1. The van der Waals surface area contributed by atoms with Crippen molar-refractivity contribution in [2.75, 3.05) is 0 Å². The maximum Gasteiger partial charge on any atom is 0.117 e. The lowest BCUT2D eigenvalue weighted by Gasteiger charge is -2.08. The third kappa shape index (κ3) is 1.25. The van der Waals surface area contributed by atoms with Gasteiger partial charge in [-0.15, -0.1) is 0 Å². The Kier molecular flexibility index (Phi) is 1.98. The van der Waals surface area contributed by atoms with Gasteiger partial charge in [0.25, 0.3) is 0 Å².